The van der Waals surface area contributed by atoms with E-state index in [0.29, 0.717) is 0 Å². The summed E-state index contributed by atoms with van der Waals surface area (Å²) in [5, 5.41) is 3.91. The first-order valence-electron chi connectivity index (χ1n) is 10.0. The molecule has 1 aliphatic rings. The smallest absolute Gasteiger partial charge is 0.243 e. The largest absolute Gasteiger partial charge is 0.464 e. The summed E-state index contributed by atoms with van der Waals surface area (Å²) in [6.07, 6.45) is 5.25. The van der Waals surface area contributed by atoms with Crippen LogP contribution in [0.4, 0.5) is 5.69 Å². The van der Waals surface area contributed by atoms with Gasteiger partial charge in [0.25, 0.3) is 0 Å². The fourth-order valence-corrected chi connectivity index (χ4v) is 3.96. The van der Waals surface area contributed by atoms with Gasteiger partial charge in [-0.3, -0.25) is 9.59 Å². The maximum absolute atomic E-state index is 12.7. The van der Waals surface area contributed by atoms with Crippen molar-refractivity contribution in [1.82, 2.24) is 4.90 Å². The summed E-state index contributed by atoms with van der Waals surface area (Å²) in [7, 11) is 1.66. The predicted octanol–water partition coefficient (Wildman–Crippen LogP) is 4.18. The second-order valence-electron chi connectivity index (χ2n) is 7.95. The number of benzene rings is 2. The number of nitrogens with zero attached hydrogens (tertiary/aromatic N) is 1. The van der Waals surface area contributed by atoms with E-state index < -0.39 is 0 Å². The number of hydrogen-bond acceptors (Lipinski definition) is 3. The predicted molar refractivity (Wildman–Crippen MR) is 114 cm³/mol. The average molecular weight is 390 g/mol. The van der Waals surface area contributed by atoms with Crippen LogP contribution in [0.15, 0.2) is 41.0 Å². The number of carbonyl (C=O) groups is 2. The van der Waals surface area contributed by atoms with Gasteiger partial charge >= 0.3 is 0 Å². The van der Waals surface area contributed by atoms with Crippen LogP contribution >= 0.6 is 0 Å². The fraction of sp³-hybridized carbons (Fsp3) is 0.333. The van der Waals surface area contributed by atoms with Gasteiger partial charge in [0, 0.05) is 23.7 Å². The van der Waals surface area contributed by atoms with Gasteiger partial charge in [0.05, 0.1) is 19.2 Å². The van der Waals surface area contributed by atoms with Crippen molar-refractivity contribution in [3.63, 3.8) is 0 Å². The molecular weight excluding hydrogens is 364 g/mol. The number of anilines is 1. The summed E-state index contributed by atoms with van der Waals surface area (Å²) in [6, 6.07) is 10.1. The molecule has 0 saturated heterocycles. The van der Waals surface area contributed by atoms with Gasteiger partial charge in [-0.2, -0.15) is 0 Å². The Kier molecular flexibility index (Phi) is 5.14. The molecule has 2 aromatic carbocycles. The van der Waals surface area contributed by atoms with Gasteiger partial charge < -0.3 is 14.6 Å². The number of carbonyl (C=O) groups excluding carboxylic acids is 2. The monoisotopic (exact) mass is 390 g/mol. The first kappa shape index (κ1) is 19.2. The van der Waals surface area contributed by atoms with Crippen molar-refractivity contribution >= 4 is 28.5 Å². The van der Waals surface area contributed by atoms with Crippen molar-refractivity contribution in [2.45, 2.75) is 39.5 Å². The lowest BCUT2D eigenvalue weighted by Crippen LogP contribution is -2.35. The van der Waals surface area contributed by atoms with Crippen LogP contribution in [0, 0.1) is 13.8 Å². The van der Waals surface area contributed by atoms with Crippen molar-refractivity contribution in [3.05, 3.63) is 64.4 Å². The Bertz CT molecular complexity index is 1100. The quantitative estimate of drug-likeness (QED) is 0.711. The highest BCUT2D eigenvalue weighted by Gasteiger charge is 2.19. The Morgan fingerprint density at radius 2 is 1.90 bits per heavy atom. The van der Waals surface area contributed by atoms with Gasteiger partial charge in [0.1, 0.15) is 5.58 Å². The SMILES string of the molecule is Cc1cccc(NC(=O)CN(C)C(=O)Cc2coc3cc4c(cc23)CCC4)c1C. The lowest BCUT2D eigenvalue weighted by molar-refractivity contribution is -0.132. The summed E-state index contributed by atoms with van der Waals surface area (Å²) >= 11 is 0. The number of furan rings is 1. The van der Waals surface area contributed by atoms with Crippen LogP contribution in [0.25, 0.3) is 11.0 Å². The third-order valence-electron chi connectivity index (χ3n) is 5.90. The number of likely N-dealkylation sites (N-methyl/N-ethyl adjacent to an activating group) is 1. The molecule has 3 aromatic rings. The van der Waals surface area contributed by atoms with E-state index in [4.69, 9.17) is 4.42 Å². The zero-order chi connectivity index (χ0) is 20.5. The van der Waals surface area contributed by atoms with E-state index >= 15 is 0 Å². The number of rotatable bonds is 5. The Morgan fingerprint density at radius 1 is 1.14 bits per heavy atom. The minimum Gasteiger partial charge on any atom is -0.464 e. The number of nitrogens with one attached hydrogen (secondary N) is 1. The van der Waals surface area contributed by atoms with E-state index in [0.717, 1.165) is 46.2 Å². The minimum atomic E-state index is -0.204. The van der Waals surface area contributed by atoms with Crippen LogP contribution in [-0.4, -0.2) is 30.3 Å². The zero-order valence-corrected chi connectivity index (χ0v) is 17.2. The van der Waals surface area contributed by atoms with E-state index in [2.05, 4.69) is 17.4 Å². The molecule has 4 rings (SSSR count). The van der Waals surface area contributed by atoms with Crippen LogP contribution < -0.4 is 5.32 Å². The summed E-state index contributed by atoms with van der Waals surface area (Å²) in [5.41, 5.74) is 7.35. The van der Waals surface area contributed by atoms with Crippen LogP contribution in [0.5, 0.6) is 0 Å². The van der Waals surface area contributed by atoms with E-state index in [1.807, 2.05) is 32.0 Å². The van der Waals surface area contributed by atoms with E-state index in [9.17, 15) is 9.59 Å². The molecule has 0 atom stereocenters. The molecular formula is C24H26N2O3. The van der Waals surface area contributed by atoms with Crippen LogP contribution in [0.2, 0.25) is 0 Å². The molecule has 1 heterocycles. The molecule has 29 heavy (non-hydrogen) atoms. The third-order valence-corrected chi connectivity index (χ3v) is 5.90. The van der Waals surface area contributed by atoms with Crippen molar-refractivity contribution in [2.24, 2.45) is 0 Å². The fourth-order valence-electron chi connectivity index (χ4n) is 3.96. The highest BCUT2D eigenvalue weighted by atomic mass is 16.3. The highest BCUT2D eigenvalue weighted by molar-refractivity contribution is 5.96. The molecule has 1 aliphatic carbocycles. The molecule has 5 heteroatoms. The number of amides is 2. The lowest BCUT2D eigenvalue weighted by Gasteiger charge is -2.17. The topological polar surface area (TPSA) is 62.6 Å². The summed E-state index contributed by atoms with van der Waals surface area (Å²) in [6.45, 7) is 3.99. The van der Waals surface area contributed by atoms with Gasteiger partial charge in [-0.15, -0.1) is 0 Å². The van der Waals surface area contributed by atoms with Crippen LogP contribution in [-0.2, 0) is 28.9 Å². The average Bonchev–Trinajstić information content (AvgIpc) is 3.30. The van der Waals surface area contributed by atoms with Crippen molar-refractivity contribution < 1.29 is 14.0 Å². The molecule has 0 aliphatic heterocycles. The molecule has 0 bridgehead atoms. The second-order valence-corrected chi connectivity index (χ2v) is 7.95. The zero-order valence-electron chi connectivity index (χ0n) is 17.2. The number of aryl methyl sites for hydroxylation is 3. The van der Waals surface area contributed by atoms with E-state index in [-0.39, 0.29) is 24.8 Å². The minimum absolute atomic E-state index is 0.0113. The second kappa shape index (κ2) is 7.74. The maximum atomic E-state index is 12.7. The standard InChI is InChI=1S/C24H26N2O3/c1-15-6-4-9-21(16(15)2)25-23(27)13-26(3)24(28)12-19-14-29-22-11-18-8-5-7-17(18)10-20(19)22/h4,6,9-11,14H,5,7-8,12-13H2,1-3H3,(H,25,27). The normalized spacial score (nSPS) is 12.8. The Labute approximate surface area is 170 Å². The van der Waals surface area contributed by atoms with E-state index in [1.54, 1.807) is 13.3 Å². The van der Waals surface area contributed by atoms with Gasteiger partial charge in [-0.25, -0.2) is 0 Å². The highest BCUT2D eigenvalue weighted by Crippen LogP contribution is 2.30. The lowest BCUT2D eigenvalue weighted by atomic mass is 10.0. The summed E-state index contributed by atoms with van der Waals surface area (Å²) in [5.74, 6) is -0.311. The Morgan fingerprint density at radius 3 is 2.69 bits per heavy atom. The Hall–Kier alpha value is -3.08. The van der Waals surface area contributed by atoms with Crippen LogP contribution in [0.3, 0.4) is 0 Å². The number of fused-ring (bicyclic) bond motifs is 2. The van der Waals surface area contributed by atoms with Crippen molar-refractivity contribution in [2.75, 3.05) is 18.9 Å². The first-order valence-corrected chi connectivity index (χ1v) is 10.0. The molecule has 5 nitrogen and oxygen atoms in total. The molecule has 0 unspecified atom stereocenters. The summed E-state index contributed by atoms with van der Waals surface area (Å²) in [4.78, 5) is 26.6. The molecule has 2 amide bonds. The van der Waals surface area contributed by atoms with Crippen molar-refractivity contribution in [1.29, 1.82) is 0 Å². The summed E-state index contributed by atoms with van der Waals surface area (Å²) < 4.78 is 5.69. The molecule has 0 fully saturated rings. The van der Waals surface area contributed by atoms with Gasteiger partial charge in [0.15, 0.2) is 0 Å². The van der Waals surface area contributed by atoms with Gasteiger partial charge in [0.2, 0.25) is 11.8 Å². The van der Waals surface area contributed by atoms with Crippen LogP contribution in [0.1, 0.15) is 34.2 Å². The number of hydrogen-bond donors (Lipinski definition) is 1. The maximum Gasteiger partial charge on any atom is 0.243 e. The Balaban J connectivity index is 1.41. The molecule has 0 spiro atoms. The molecule has 1 N–H and O–H groups in total. The van der Waals surface area contributed by atoms with Gasteiger partial charge in [-0.1, -0.05) is 12.1 Å². The molecule has 150 valence electrons. The first-order chi connectivity index (χ1) is 13.9. The molecule has 0 saturated carbocycles. The molecule has 0 radical (unpaired) electrons. The molecule has 1 aromatic heterocycles. The van der Waals surface area contributed by atoms with E-state index in [1.165, 1.54) is 22.4 Å². The van der Waals surface area contributed by atoms with Gasteiger partial charge in [-0.05, 0) is 73.6 Å². The third kappa shape index (κ3) is 3.90. The van der Waals surface area contributed by atoms with Crippen molar-refractivity contribution in [3.8, 4) is 0 Å².